The van der Waals surface area contributed by atoms with Gasteiger partial charge in [-0.05, 0) is 47.5 Å². The summed E-state index contributed by atoms with van der Waals surface area (Å²) in [6.07, 6.45) is 2.09. The van der Waals surface area contributed by atoms with Gasteiger partial charge in [0.15, 0.2) is 0 Å². The molecule has 0 saturated carbocycles. The second kappa shape index (κ2) is 4.41. The Hall–Kier alpha value is -0.770. The van der Waals surface area contributed by atoms with E-state index in [0.29, 0.717) is 6.04 Å². The zero-order valence-corrected chi connectivity index (χ0v) is 12.3. The molecule has 1 amide bonds. The van der Waals surface area contributed by atoms with Crippen molar-refractivity contribution in [1.82, 2.24) is 9.80 Å². The molecule has 2 aliphatic rings. The van der Waals surface area contributed by atoms with Crippen molar-refractivity contribution in [3.05, 3.63) is 0 Å². The van der Waals surface area contributed by atoms with Crippen LogP contribution in [0.2, 0.25) is 0 Å². The van der Waals surface area contributed by atoms with Crippen molar-refractivity contribution < 1.29 is 9.53 Å². The molecule has 4 nitrogen and oxygen atoms in total. The van der Waals surface area contributed by atoms with Crippen LogP contribution in [0.25, 0.3) is 0 Å². The van der Waals surface area contributed by atoms with Crippen LogP contribution in [0.3, 0.4) is 0 Å². The van der Waals surface area contributed by atoms with E-state index in [4.69, 9.17) is 4.74 Å². The first-order chi connectivity index (χ1) is 8.23. The number of rotatable bonds is 1. The smallest absolute Gasteiger partial charge is 0.410 e. The lowest BCUT2D eigenvalue weighted by molar-refractivity contribution is -0.0566. The molecule has 0 aromatic heterocycles. The Bertz CT molecular complexity index is 327. The van der Waals surface area contributed by atoms with Crippen LogP contribution in [0.1, 0.15) is 47.5 Å². The number of hydrogen-bond acceptors (Lipinski definition) is 3. The normalized spacial score (nSPS) is 23.6. The van der Waals surface area contributed by atoms with Crippen LogP contribution in [-0.4, -0.2) is 52.7 Å². The number of carbonyl (C=O) groups is 1. The number of likely N-dealkylation sites (tertiary alicyclic amines) is 2. The molecule has 0 radical (unpaired) electrons. The largest absolute Gasteiger partial charge is 0.444 e. The standard InChI is InChI=1S/C14H26N2O2/c1-11(2)15-9-14(10-15)7-6-8-16(14)12(17)18-13(3,4)5/h11H,6-10H2,1-5H3. The first-order valence-electron chi connectivity index (χ1n) is 6.98. The van der Waals surface area contributed by atoms with Crippen molar-refractivity contribution in [3.63, 3.8) is 0 Å². The second-order valence-electron chi connectivity index (χ2n) is 6.96. The van der Waals surface area contributed by atoms with E-state index in [0.717, 1.165) is 32.5 Å². The van der Waals surface area contributed by atoms with E-state index in [1.165, 1.54) is 0 Å². The van der Waals surface area contributed by atoms with Crippen molar-refractivity contribution in [2.24, 2.45) is 0 Å². The van der Waals surface area contributed by atoms with Crippen molar-refractivity contribution in [3.8, 4) is 0 Å². The predicted molar refractivity (Wildman–Crippen MR) is 71.6 cm³/mol. The lowest BCUT2D eigenvalue weighted by Gasteiger charge is -2.54. The van der Waals surface area contributed by atoms with Gasteiger partial charge in [-0.1, -0.05) is 0 Å². The van der Waals surface area contributed by atoms with Gasteiger partial charge in [-0.15, -0.1) is 0 Å². The molecule has 2 saturated heterocycles. The first-order valence-corrected chi connectivity index (χ1v) is 6.98. The summed E-state index contributed by atoms with van der Waals surface area (Å²) >= 11 is 0. The maximum Gasteiger partial charge on any atom is 0.410 e. The average Bonchev–Trinajstić information content (AvgIpc) is 2.55. The fraction of sp³-hybridized carbons (Fsp3) is 0.929. The SMILES string of the molecule is CC(C)N1CC2(CCCN2C(=O)OC(C)(C)C)C1. The van der Waals surface area contributed by atoms with Crippen LogP contribution in [0.15, 0.2) is 0 Å². The molecule has 0 aromatic rings. The molecule has 2 heterocycles. The summed E-state index contributed by atoms with van der Waals surface area (Å²) in [6.45, 7) is 13.0. The highest BCUT2D eigenvalue weighted by Gasteiger charge is 2.53. The van der Waals surface area contributed by atoms with Crippen molar-refractivity contribution >= 4 is 6.09 Å². The van der Waals surface area contributed by atoms with Gasteiger partial charge in [-0.3, -0.25) is 9.80 Å². The monoisotopic (exact) mass is 254 g/mol. The second-order valence-corrected chi connectivity index (χ2v) is 6.96. The van der Waals surface area contributed by atoms with Gasteiger partial charge in [0, 0.05) is 25.7 Å². The minimum atomic E-state index is -0.400. The topological polar surface area (TPSA) is 32.8 Å². The summed E-state index contributed by atoms with van der Waals surface area (Å²) in [5, 5.41) is 0. The van der Waals surface area contributed by atoms with Crippen LogP contribution >= 0.6 is 0 Å². The average molecular weight is 254 g/mol. The Kier molecular flexibility index (Phi) is 3.34. The fourth-order valence-electron chi connectivity index (χ4n) is 2.94. The summed E-state index contributed by atoms with van der Waals surface area (Å²) in [5.74, 6) is 0. The molecule has 1 spiro atoms. The maximum absolute atomic E-state index is 12.2. The molecular formula is C14H26N2O2. The highest BCUT2D eigenvalue weighted by molar-refractivity contribution is 5.70. The molecule has 104 valence electrons. The van der Waals surface area contributed by atoms with Crippen molar-refractivity contribution in [1.29, 1.82) is 0 Å². The summed E-state index contributed by atoms with van der Waals surface area (Å²) in [5.41, 5.74) is -0.338. The lowest BCUT2D eigenvalue weighted by Crippen LogP contribution is -2.70. The summed E-state index contributed by atoms with van der Waals surface area (Å²) in [4.78, 5) is 16.6. The van der Waals surface area contributed by atoms with E-state index in [1.807, 2.05) is 25.7 Å². The lowest BCUT2D eigenvalue weighted by atomic mass is 9.86. The molecule has 0 atom stereocenters. The molecule has 2 aliphatic heterocycles. The van der Waals surface area contributed by atoms with Crippen LogP contribution in [0.5, 0.6) is 0 Å². The van der Waals surface area contributed by atoms with Gasteiger partial charge in [0.2, 0.25) is 0 Å². The number of ether oxygens (including phenoxy) is 1. The van der Waals surface area contributed by atoms with E-state index < -0.39 is 5.60 Å². The number of hydrogen-bond donors (Lipinski definition) is 0. The number of amides is 1. The minimum Gasteiger partial charge on any atom is -0.444 e. The molecule has 0 unspecified atom stereocenters. The van der Waals surface area contributed by atoms with Gasteiger partial charge in [0.25, 0.3) is 0 Å². The number of nitrogens with zero attached hydrogens (tertiary/aromatic N) is 2. The van der Waals surface area contributed by atoms with E-state index in [-0.39, 0.29) is 11.6 Å². The third-order valence-corrected chi connectivity index (χ3v) is 3.94. The maximum atomic E-state index is 12.2. The minimum absolute atomic E-state index is 0.0621. The first kappa shape index (κ1) is 13.7. The van der Waals surface area contributed by atoms with Gasteiger partial charge < -0.3 is 4.74 Å². The van der Waals surface area contributed by atoms with Gasteiger partial charge in [-0.2, -0.15) is 0 Å². The molecule has 2 rings (SSSR count). The van der Waals surface area contributed by atoms with E-state index in [2.05, 4.69) is 18.7 Å². The third-order valence-electron chi connectivity index (χ3n) is 3.94. The Balaban J connectivity index is 1.99. The molecule has 18 heavy (non-hydrogen) atoms. The van der Waals surface area contributed by atoms with Crippen LogP contribution in [0, 0.1) is 0 Å². The third kappa shape index (κ3) is 2.48. The summed E-state index contributed by atoms with van der Waals surface area (Å²) in [6, 6.07) is 0.566. The van der Waals surface area contributed by atoms with Gasteiger partial charge in [0.05, 0.1) is 5.54 Å². The van der Waals surface area contributed by atoms with Crippen molar-refractivity contribution in [2.45, 2.75) is 64.6 Å². The molecule has 0 N–H and O–H groups in total. The van der Waals surface area contributed by atoms with Gasteiger partial charge in [-0.25, -0.2) is 4.79 Å². The van der Waals surface area contributed by atoms with Crippen LogP contribution in [-0.2, 0) is 4.74 Å². The van der Waals surface area contributed by atoms with Crippen LogP contribution < -0.4 is 0 Å². The Morgan fingerprint density at radius 1 is 1.28 bits per heavy atom. The van der Waals surface area contributed by atoms with Crippen molar-refractivity contribution in [2.75, 3.05) is 19.6 Å². The molecule has 4 heteroatoms. The zero-order chi connectivity index (χ0) is 13.6. The molecule has 2 fully saturated rings. The predicted octanol–water partition coefficient (Wildman–Crippen LogP) is 2.48. The Morgan fingerprint density at radius 3 is 2.39 bits per heavy atom. The van der Waals surface area contributed by atoms with E-state index in [9.17, 15) is 4.79 Å². The Morgan fingerprint density at radius 2 is 1.89 bits per heavy atom. The van der Waals surface area contributed by atoms with E-state index >= 15 is 0 Å². The highest BCUT2D eigenvalue weighted by Crippen LogP contribution is 2.39. The van der Waals surface area contributed by atoms with Gasteiger partial charge >= 0.3 is 6.09 Å². The summed E-state index contributed by atoms with van der Waals surface area (Å²) in [7, 11) is 0. The van der Waals surface area contributed by atoms with Gasteiger partial charge in [0.1, 0.15) is 5.60 Å². The molecular weight excluding hydrogens is 228 g/mol. The van der Waals surface area contributed by atoms with E-state index in [1.54, 1.807) is 0 Å². The Labute approximate surface area is 110 Å². The zero-order valence-electron chi connectivity index (χ0n) is 12.3. The fourth-order valence-corrected chi connectivity index (χ4v) is 2.94. The molecule has 0 aliphatic carbocycles. The molecule has 0 aromatic carbocycles. The quantitative estimate of drug-likeness (QED) is 0.720. The highest BCUT2D eigenvalue weighted by atomic mass is 16.6. The summed E-state index contributed by atoms with van der Waals surface area (Å²) < 4.78 is 5.52. The number of carbonyl (C=O) groups excluding carboxylic acids is 1. The van der Waals surface area contributed by atoms with Crippen LogP contribution in [0.4, 0.5) is 4.79 Å². The molecule has 0 bridgehead atoms.